The Balaban J connectivity index is 2.06. The fourth-order valence-electron chi connectivity index (χ4n) is 2.31. The van der Waals surface area contributed by atoms with E-state index in [0.717, 1.165) is 25.3 Å². The van der Waals surface area contributed by atoms with E-state index >= 15 is 0 Å². The number of ether oxygens (including phenoxy) is 2. The Labute approximate surface area is 117 Å². The number of rotatable bonds is 8. The molecule has 114 valence electrons. The smallest absolute Gasteiger partial charge is 0.0897 e. The molecule has 0 saturated heterocycles. The summed E-state index contributed by atoms with van der Waals surface area (Å²) < 4.78 is 11.1. The molecule has 4 nitrogen and oxygen atoms in total. The van der Waals surface area contributed by atoms with Crippen LogP contribution in [0.3, 0.4) is 0 Å². The predicted octanol–water partition coefficient (Wildman–Crippen LogP) is 1.96. The van der Waals surface area contributed by atoms with Crippen LogP contribution in [0.5, 0.6) is 0 Å². The van der Waals surface area contributed by atoms with E-state index in [0.29, 0.717) is 19.3 Å². The lowest BCUT2D eigenvalue weighted by molar-refractivity contribution is -0.0305. The van der Waals surface area contributed by atoms with Gasteiger partial charge in [-0.25, -0.2) is 0 Å². The summed E-state index contributed by atoms with van der Waals surface area (Å²) in [7, 11) is 1.70. The molecule has 1 aliphatic rings. The average Bonchev–Trinajstić information content (AvgIpc) is 2.38. The van der Waals surface area contributed by atoms with Gasteiger partial charge >= 0.3 is 0 Å². The second-order valence-electron chi connectivity index (χ2n) is 6.46. The number of hydrogen-bond acceptors (Lipinski definition) is 4. The minimum Gasteiger partial charge on any atom is -0.389 e. The third-order valence-corrected chi connectivity index (χ3v) is 3.97. The minimum absolute atomic E-state index is 0.194. The number of methoxy groups -OCH3 is 1. The summed E-state index contributed by atoms with van der Waals surface area (Å²) in [5.74, 6) is 0.836. The lowest BCUT2D eigenvalue weighted by Crippen LogP contribution is -2.41. The van der Waals surface area contributed by atoms with Gasteiger partial charge < -0.3 is 19.9 Å². The lowest BCUT2D eigenvalue weighted by atomic mass is 9.89. The van der Waals surface area contributed by atoms with E-state index in [1.807, 2.05) is 13.8 Å². The van der Waals surface area contributed by atoms with E-state index in [-0.39, 0.29) is 5.60 Å². The van der Waals surface area contributed by atoms with E-state index in [2.05, 4.69) is 12.2 Å². The van der Waals surface area contributed by atoms with Crippen LogP contribution in [0, 0.1) is 5.92 Å². The maximum absolute atomic E-state index is 9.87. The Bertz CT molecular complexity index is 238. The third-order valence-electron chi connectivity index (χ3n) is 3.97. The monoisotopic (exact) mass is 273 g/mol. The van der Waals surface area contributed by atoms with Crippen molar-refractivity contribution in [2.45, 2.75) is 64.3 Å². The van der Waals surface area contributed by atoms with Crippen LogP contribution in [0.4, 0.5) is 0 Å². The molecule has 1 fully saturated rings. The highest BCUT2D eigenvalue weighted by atomic mass is 16.5. The van der Waals surface area contributed by atoms with Gasteiger partial charge in [-0.1, -0.05) is 6.92 Å². The predicted molar refractivity (Wildman–Crippen MR) is 77.3 cm³/mol. The topological polar surface area (TPSA) is 50.7 Å². The minimum atomic E-state index is -0.438. The van der Waals surface area contributed by atoms with Gasteiger partial charge in [0.25, 0.3) is 0 Å². The van der Waals surface area contributed by atoms with Crippen LogP contribution in [0.15, 0.2) is 0 Å². The molecule has 0 amide bonds. The highest BCUT2D eigenvalue weighted by molar-refractivity contribution is 4.73. The highest BCUT2D eigenvalue weighted by Gasteiger charge is 2.20. The molecule has 2 N–H and O–H groups in total. The summed E-state index contributed by atoms with van der Waals surface area (Å²) >= 11 is 0. The fraction of sp³-hybridized carbons (Fsp3) is 1.00. The van der Waals surface area contributed by atoms with Crippen LogP contribution < -0.4 is 5.32 Å². The van der Waals surface area contributed by atoms with E-state index in [1.54, 1.807) is 7.11 Å². The Morgan fingerprint density at radius 3 is 2.47 bits per heavy atom. The van der Waals surface area contributed by atoms with E-state index in [1.165, 1.54) is 12.8 Å². The molecule has 0 aliphatic heterocycles. The summed E-state index contributed by atoms with van der Waals surface area (Å²) in [5, 5.41) is 13.1. The van der Waals surface area contributed by atoms with Crippen molar-refractivity contribution in [2.75, 3.05) is 26.8 Å². The zero-order valence-corrected chi connectivity index (χ0v) is 12.9. The molecule has 0 aromatic heterocycles. The molecule has 0 bridgehead atoms. The van der Waals surface area contributed by atoms with Crippen molar-refractivity contribution >= 4 is 0 Å². The Hall–Kier alpha value is -0.160. The van der Waals surface area contributed by atoms with Crippen LogP contribution in [0.2, 0.25) is 0 Å². The molecule has 1 rings (SSSR count). The fourth-order valence-corrected chi connectivity index (χ4v) is 2.31. The first-order chi connectivity index (χ1) is 8.93. The van der Waals surface area contributed by atoms with E-state index in [9.17, 15) is 5.11 Å². The number of nitrogens with one attached hydrogen (secondary N) is 1. The lowest BCUT2D eigenvalue weighted by Gasteiger charge is -2.27. The summed E-state index contributed by atoms with van der Waals surface area (Å²) in [4.78, 5) is 0. The van der Waals surface area contributed by atoms with Crippen LogP contribution in [0.25, 0.3) is 0 Å². The van der Waals surface area contributed by atoms with Crippen molar-refractivity contribution in [1.29, 1.82) is 0 Å². The van der Waals surface area contributed by atoms with Crippen molar-refractivity contribution in [1.82, 2.24) is 5.32 Å². The van der Waals surface area contributed by atoms with Gasteiger partial charge in [-0.05, 0) is 45.4 Å². The average molecular weight is 273 g/mol. The quantitative estimate of drug-likeness (QED) is 0.710. The van der Waals surface area contributed by atoms with Crippen LogP contribution in [0.1, 0.15) is 46.5 Å². The molecule has 0 heterocycles. The summed E-state index contributed by atoms with van der Waals surface area (Å²) in [6.45, 7) is 8.04. The molecule has 1 atom stereocenters. The van der Waals surface area contributed by atoms with Crippen molar-refractivity contribution in [2.24, 2.45) is 5.92 Å². The standard InChI is InChI=1S/C15H31NO3/c1-12-5-7-14(8-6-12)19-10-13(17)9-16-11-15(2,3)18-4/h12-14,16-17H,5-11H2,1-4H3. The largest absolute Gasteiger partial charge is 0.389 e. The molecule has 0 radical (unpaired) electrons. The maximum atomic E-state index is 9.87. The van der Waals surface area contributed by atoms with Gasteiger partial charge in [-0.2, -0.15) is 0 Å². The zero-order chi connectivity index (χ0) is 14.3. The Morgan fingerprint density at radius 1 is 1.26 bits per heavy atom. The SMILES string of the molecule is COC(C)(C)CNCC(O)COC1CCC(C)CC1. The third kappa shape index (κ3) is 7.25. The Morgan fingerprint density at radius 2 is 1.89 bits per heavy atom. The van der Waals surface area contributed by atoms with Gasteiger partial charge in [-0.15, -0.1) is 0 Å². The van der Waals surface area contributed by atoms with Crippen molar-refractivity contribution in [3.63, 3.8) is 0 Å². The maximum Gasteiger partial charge on any atom is 0.0897 e. The summed E-state index contributed by atoms with van der Waals surface area (Å²) in [5.41, 5.74) is -0.194. The number of hydrogen-bond donors (Lipinski definition) is 2. The second-order valence-corrected chi connectivity index (χ2v) is 6.46. The molecule has 1 aliphatic carbocycles. The zero-order valence-electron chi connectivity index (χ0n) is 12.9. The van der Waals surface area contributed by atoms with Crippen molar-refractivity contribution < 1.29 is 14.6 Å². The normalized spacial score (nSPS) is 26.4. The van der Waals surface area contributed by atoms with Gasteiger partial charge in [0.2, 0.25) is 0 Å². The first kappa shape index (κ1) is 16.9. The molecule has 4 heteroatoms. The highest BCUT2D eigenvalue weighted by Crippen LogP contribution is 2.25. The number of aliphatic hydroxyl groups excluding tert-OH is 1. The molecular weight excluding hydrogens is 242 g/mol. The second kappa shape index (κ2) is 8.20. The first-order valence-electron chi connectivity index (χ1n) is 7.48. The van der Waals surface area contributed by atoms with Gasteiger partial charge in [0.1, 0.15) is 0 Å². The molecular formula is C15H31NO3. The summed E-state index contributed by atoms with van der Waals surface area (Å²) in [6.07, 6.45) is 4.69. The molecule has 1 saturated carbocycles. The van der Waals surface area contributed by atoms with E-state index < -0.39 is 6.10 Å². The number of aliphatic hydroxyl groups is 1. The van der Waals surface area contributed by atoms with Crippen LogP contribution >= 0.6 is 0 Å². The van der Waals surface area contributed by atoms with Gasteiger partial charge in [0.05, 0.1) is 24.4 Å². The van der Waals surface area contributed by atoms with Crippen LogP contribution in [-0.4, -0.2) is 49.7 Å². The van der Waals surface area contributed by atoms with E-state index in [4.69, 9.17) is 9.47 Å². The Kier molecular flexibility index (Phi) is 7.29. The molecule has 0 spiro atoms. The summed E-state index contributed by atoms with van der Waals surface area (Å²) in [6, 6.07) is 0. The molecule has 19 heavy (non-hydrogen) atoms. The van der Waals surface area contributed by atoms with Gasteiger partial charge in [-0.3, -0.25) is 0 Å². The molecule has 1 unspecified atom stereocenters. The molecule has 0 aromatic rings. The first-order valence-corrected chi connectivity index (χ1v) is 7.48. The van der Waals surface area contributed by atoms with Crippen LogP contribution in [-0.2, 0) is 9.47 Å². The molecule has 0 aromatic carbocycles. The van der Waals surface area contributed by atoms with Gasteiger partial charge in [0, 0.05) is 20.2 Å². The van der Waals surface area contributed by atoms with Crippen molar-refractivity contribution in [3.05, 3.63) is 0 Å². The van der Waals surface area contributed by atoms with Crippen molar-refractivity contribution in [3.8, 4) is 0 Å². The van der Waals surface area contributed by atoms with Gasteiger partial charge in [0.15, 0.2) is 0 Å².